The van der Waals surface area contributed by atoms with Gasteiger partial charge in [0.2, 0.25) is 0 Å². The summed E-state index contributed by atoms with van der Waals surface area (Å²) in [6.45, 7) is 0. The van der Waals surface area contributed by atoms with Crippen molar-refractivity contribution in [2.24, 2.45) is 5.73 Å². The number of halogens is 2. The summed E-state index contributed by atoms with van der Waals surface area (Å²) in [6, 6.07) is 15.9. The van der Waals surface area contributed by atoms with Crippen molar-refractivity contribution >= 4 is 23.2 Å². The third-order valence-electron chi connectivity index (χ3n) is 4.03. The van der Waals surface area contributed by atoms with Crippen molar-refractivity contribution in [2.75, 3.05) is 0 Å². The number of hydrogen-bond donors (Lipinski definition) is 1. The molecule has 3 rings (SSSR count). The quantitative estimate of drug-likeness (QED) is 0.870. The van der Waals surface area contributed by atoms with Crippen molar-refractivity contribution < 1.29 is 0 Å². The van der Waals surface area contributed by atoms with Crippen LogP contribution in [0, 0.1) is 0 Å². The molecule has 0 saturated heterocycles. The van der Waals surface area contributed by atoms with Gasteiger partial charge in [-0.25, -0.2) is 0 Å². The largest absolute Gasteiger partial charge is 0.323 e. The lowest BCUT2D eigenvalue weighted by Gasteiger charge is -2.25. The first-order valence-electron chi connectivity index (χ1n) is 6.39. The molecule has 1 unspecified atom stereocenters. The third-order valence-corrected chi connectivity index (χ3v) is 4.59. The Kier molecular flexibility index (Phi) is 3.30. The summed E-state index contributed by atoms with van der Waals surface area (Å²) in [7, 11) is 0. The van der Waals surface area contributed by atoms with Gasteiger partial charge >= 0.3 is 0 Å². The minimum Gasteiger partial charge on any atom is -0.323 e. The third kappa shape index (κ3) is 2.27. The van der Waals surface area contributed by atoms with E-state index in [9.17, 15) is 0 Å². The van der Waals surface area contributed by atoms with Crippen LogP contribution in [0.25, 0.3) is 0 Å². The monoisotopic (exact) mass is 291 g/mol. The molecule has 98 valence electrons. The molecule has 0 aliphatic heterocycles. The molecule has 2 aromatic carbocycles. The van der Waals surface area contributed by atoms with Crippen LogP contribution in [0.2, 0.25) is 10.0 Å². The van der Waals surface area contributed by atoms with Gasteiger partial charge in [-0.1, -0.05) is 59.6 Å². The van der Waals surface area contributed by atoms with E-state index in [1.165, 1.54) is 5.56 Å². The average Bonchev–Trinajstić information content (AvgIpc) is 3.20. The molecule has 1 saturated carbocycles. The molecule has 1 aliphatic rings. The Labute approximate surface area is 123 Å². The lowest BCUT2D eigenvalue weighted by atomic mass is 9.84. The Hall–Kier alpha value is -1.02. The molecular weight excluding hydrogens is 277 g/mol. The minimum absolute atomic E-state index is 0.0404. The highest BCUT2D eigenvalue weighted by molar-refractivity contribution is 6.35. The second-order valence-corrected chi connectivity index (χ2v) is 6.01. The first-order valence-corrected chi connectivity index (χ1v) is 7.15. The Bertz CT molecular complexity index is 591. The van der Waals surface area contributed by atoms with Gasteiger partial charge in [0.15, 0.2) is 0 Å². The van der Waals surface area contributed by atoms with Crippen molar-refractivity contribution in [2.45, 2.75) is 24.3 Å². The summed E-state index contributed by atoms with van der Waals surface area (Å²) < 4.78 is 0. The smallest absolute Gasteiger partial charge is 0.0468 e. The van der Waals surface area contributed by atoms with Crippen LogP contribution in [0.1, 0.15) is 30.0 Å². The van der Waals surface area contributed by atoms with Crippen LogP contribution in [0.3, 0.4) is 0 Å². The van der Waals surface area contributed by atoms with Gasteiger partial charge in [-0.2, -0.15) is 0 Å². The molecule has 1 fully saturated rings. The fourth-order valence-electron chi connectivity index (χ4n) is 2.74. The molecule has 0 heterocycles. The van der Waals surface area contributed by atoms with E-state index in [0.717, 1.165) is 18.4 Å². The van der Waals surface area contributed by atoms with Gasteiger partial charge in [-0.3, -0.25) is 0 Å². The Morgan fingerprint density at radius 3 is 2.26 bits per heavy atom. The van der Waals surface area contributed by atoms with E-state index < -0.39 is 0 Å². The zero-order valence-corrected chi connectivity index (χ0v) is 12.0. The summed E-state index contributed by atoms with van der Waals surface area (Å²) in [5, 5.41) is 1.30. The van der Waals surface area contributed by atoms with E-state index in [1.54, 1.807) is 6.07 Å². The average molecular weight is 292 g/mol. The normalized spacial score (nSPS) is 18.1. The summed E-state index contributed by atoms with van der Waals surface area (Å²) >= 11 is 12.2. The number of nitrogens with two attached hydrogens (primary N) is 1. The predicted octanol–water partition coefficient (Wildman–Crippen LogP) is 4.73. The SMILES string of the molecule is NC(c1ccc(Cl)cc1Cl)C1(c2ccccc2)CC1. The second kappa shape index (κ2) is 4.82. The van der Waals surface area contributed by atoms with E-state index >= 15 is 0 Å². The van der Waals surface area contributed by atoms with Gasteiger partial charge in [-0.05, 0) is 36.1 Å². The van der Waals surface area contributed by atoms with Crippen LogP contribution in [0.5, 0.6) is 0 Å². The highest BCUT2D eigenvalue weighted by atomic mass is 35.5. The molecule has 19 heavy (non-hydrogen) atoms. The molecule has 2 aromatic rings. The summed E-state index contributed by atoms with van der Waals surface area (Å²) in [5.41, 5.74) is 8.81. The van der Waals surface area contributed by atoms with Gasteiger partial charge in [0.25, 0.3) is 0 Å². The van der Waals surface area contributed by atoms with Gasteiger partial charge in [-0.15, -0.1) is 0 Å². The molecule has 2 N–H and O–H groups in total. The van der Waals surface area contributed by atoms with Crippen LogP contribution in [0.4, 0.5) is 0 Å². The zero-order valence-electron chi connectivity index (χ0n) is 10.4. The van der Waals surface area contributed by atoms with Gasteiger partial charge in [0.05, 0.1) is 0 Å². The lowest BCUT2D eigenvalue weighted by molar-refractivity contribution is 0.541. The van der Waals surface area contributed by atoms with Crippen molar-refractivity contribution in [1.29, 1.82) is 0 Å². The molecule has 1 atom stereocenters. The Morgan fingerprint density at radius 2 is 1.68 bits per heavy atom. The van der Waals surface area contributed by atoms with Crippen LogP contribution >= 0.6 is 23.2 Å². The molecule has 3 heteroatoms. The van der Waals surface area contributed by atoms with Crippen LogP contribution in [0.15, 0.2) is 48.5 Å². The van der Waals surface area contributed by atoms with Crippen LogP contribution < -0.4 is 5.73 Å². The zero-order chi connectivity index (χ0) is 13.5. The Morgan fingerprint density at radius 1 is 1.00 bits per heavy atom. The maximum atomic E-state index is 6.49. The van der Waals surface area contributed by atoms with Gasteiger partial charge < -0.3 is 5.73 Å². The fourth-order valence-corrected chi connectivity index (χ4v) is 3.26. The standard InChI is InChI=1S/C16H15Cl2N/c17-12-6-7-13(14(18)10-12)15(19)16(8-9-16)11-4-2-1-3-5-11/h1-7,10,15H,8-9,19H2. The highest BCUT2D eigenvalue weighted by Gasteiger charge is 2.50. The molecule has 0 bridgehead atoms. The second-order valence-electron chi connectivity index (χ2n) is 5.17. The van der Waals surface area contributed by atoms with Crippen molar-refractivity contribution in [3.8, 4) is 0 Å². The molecule has 0 radical (unpaired) electrons. The van der Waals surface area contributed by atoms with Crippen molar-refractivity contribution in [3.63, 3.8) is 0 Å². The summed E-state index contributed by atoms with van der Waals surface area (Å²) in [6.07, 6.45) is 2.22. The van der Waals surface area contributed by atoms with E-state index in [2.05, 4.69) is 24.3 Å². The van der Waals surface area contributed by atoms with Crippen LogP contribution in [-0.4, -0.2) is 0 Å². The van der Waals surface area contributed by atoms with E-state index in [0.29, 0.717) is 10.0 Å². The molecule has 0 spiro atoms. The summed E-state index contributed by atoms with van der Waals surface area (Å²) in [4.78, 5) is 0. The van der Waals surface area contributed by atoms with E-state index in [1.807, 2.05) is 18.2 Å². The molecule has 0 aromatic heterocycles. The number of benzene rings is 2. The van der Waals surface area contributed by atoms with E-state index in [4.69, 9.17) is 28.9 Å². The Balaban J connectivity index is 1.98. The highest BCUT2D eigenvalue weighted by Crippen LogP contribution is 2.56. The van der Waals surface area contributed by atoms with E-state index in [-0.39, 0.29) is 11.5 Å². The van der Waals surface area contributed by atoms with Gasteiger partial charge in [0.1, 0.15) is 0 Å². The molecule has 1 aliphatic carbocycles. The molecular formula is C16H15Cl2N. The number of hydrogen-bond acceptors (Lipinski definition) is 1. The van der Waals surface area contributed by atoms with Gasteiger partial charge in [0, 0.05) is 21.5 Å². The number of rotatable bonds is 3. The molecule has 1 nitrogen and oxygen atoms in total. The lowest BCUT2D eigenvalue weighted by Crippen LogP contribution is -2.26. The maximum Gasteiger partial charge on any atom is 0.0468 e. The topological polar surface area (TPSA) is 26.0 Å². The fraction of sp³-hybridized carbons (Fsp3) is 0.250. The summed E-state index contributed by atoms with van der Waals surface area (Å²) in [5.74, 6) is 0. The minimum atomic E-state index is -0.0836. The first-order chi connectivity index (χ1) is 9.13. The maximum absolute atomic E-state index is 6.49. The predicted molar refractivity (Wildman–Crippen MR) is 80.7 cm³/mol. The van der Waals surface area contributed by atoms with Crippen molar-refractivity contribution in [1.82, 2.24) is 0 Å². The van der Waals surface area contributed by atoms with Crippen LogP contribution in [-0.2, 0) is 5.41 Å². The first kappa shape index (κ1) is 13.0. The van der Waals surface area contributed by atoms with Crippen molar-refractivity contribution in [3.05, 3.63) is 69.7 Å². The molecule has 0 amide bonds.